The number of aromatic nitrogens is 2. The number of benzene rings is 1. The van der Waals surface area contributed by atoms with Crippen LogP contribution in [0.25, 0.3) is 0 Å². The van der Waals surface area contributed by atoms with Crippen LogP contribution in [0.5, 0.6) is 17.5 Å². The molecule has 8 nitrogen and oxygen atoms in total. The molecule has 0 saturated heterocycles. The number of aryl methyl sites for hydroxylation is 1. The lowest BCUT2D eigenvalue weighted by molar-refractivity contribution is -0.154. The van der Waals surface area contributed by atoms with Crippen molar-refractivity contribution < 1.29 is 41.7 Å². The Balaban J connectivity index is 1.86. The summed E-state index contributed by atoms with van der Waals surface area (Å²) in [5.41, 5.74) is -0.0380. The number of rotatable bonds is 10. The number of alkyl halides is 3. The first kappa shape index (κ1) is 29.5. The van der Waals surface area contributed by atoms with Crippen LogP contribution in [-0.2, 0) is 11.2 Å². The molecule has 0 aliphatic carbocycles. The van der Waals surface area contributed by atoms with Crippen LogP contribution >= 0.6 is 0 Å². The molecule has 2 N–H and O–H groups in total. The number of nitrogens with one attached hydrogen (secondary N) is 1. The first-order valence-electron chi connectivity index (χ1n) is 11.8. The molecule has 0 spiro atoms. The summed E-state index contributed by atoms with van der Waals surface area (Å²) in [4.78, 5) is 33.7. The first-order valence-corrected chi connectivity index (χ1v) is 11.8. The van der Waals surface area contributed by atoms with E-state index in [4.69, 9.17) is 4.74 Å². The number of halogens is 4. The fourth-order valence-electron chi connectivity index (χ4n) is 3.37. The second kappa shape index (κ2) is 11.8. The number of amides is 1. The minimum Gasteiger partial charge on any atom is -0.468 e. The van der Waals surface area contributed by atoms with E-state index in [0.29, 0.717) is 17.0 Å². The normalized spacial score (nSPS) is 12.5. The summed E-state index contributed by atoms with van der Waals surface area (Å²) in [6.07, 6.45) is -4.72. The molecule has 0 bridgehead atoms. The zero-order valence-corrected chi connectivity index (χ0v) is 21.6. The lowest BCUT2D eigenvalue weighted by atomic mass is 9.98. The van der Waals surface area contributed by atoms with Gasteiger partial charge in [-0.15, -0.1) is 0 Å². The van der Waals surface area contributed by atoms with Gasteiger partial charge in [0.2, 0.25) is 11.8 Å². The van der Waals surface area contributed by atoms with Gasteiger partial charge in [-0.2, -0.15) is 18.2 Å². The fourth-order valence-corrected chi connectivity index (χ4v) is 3.37. The molecule has 208 valence electrons. The van der Waals surface area contributed by atoms with Crippen molar-refractivity contribution in [3.05, 3.63) is 76.9 Å². The number of aliphatic hydroxyl groups is 1. The Morgan fingerprint density at radius 3 is 2.33 bits per heavy atom. The van der Waals surface area contributed by atoms with Gasteiger partial charge in [-0.05, 0) is 75.7 Å². The molecule has 0 aliphatic heterocycles. The largest absolute Gasteiger partial charge is 0.468 e. The summed E-state index contributed by atoms with van der Waals surface area (Å²) < 4.78 is 61.4. The highest BCUT2D eigenvalue weighted by molar-refractivity contribution is 5.96. The molecule has 0 saturated carbocycles. The molecule has 3 rings (SSSR count). The molecule has 0 fully saturated rings. The highest BCUT2D eigenvalue weighted by Gasteiger charge is 2.29. The average Bonchev–Trinajstić information content (AvgIpc) is 2.82. The SMILES string of the molecule is Cc1cc(C(C)NC(=O)c2ccc(OCC(F)(F)F)nc2Oc2ccc(F)cc2)cc(CC(=O)C(C)(C)O)n1. The number of hydrogen-bond acceptors (Lipinski definition) is 7. The van der Waals surface area contributed by atoms with E-state index in [1.807, 2.05) is 0 Å². The van der Waals surface area contributed by atoms with Crippen molar-refractivity contribution in [2.75, 3.05) is 6.61 Å². The summed E-state index contributed by atoms with van der Waals surface area (Å²) in [6, 6.07) is 9.77. The molecule has 0 aliphatic rings. The molecule has 1 aromatic carbocycles. The summed E-state index contributed by atoms with van der Waals surface area (Å²) in [5.74, 6) is -2.33. The predicted octanol–water partition coefficient (Wildman–Crippen LogP) is 5.03. The second-order valence-electron chi connectivity index (χ2n) is 9.35. The lowest BCUT2D eigenvalue weighted by Crippen LogP contribution is -2.33. The van der Waals surface area contributed by atoms with Crippen molar-refractivity contribution in [1.29, 1.82) is 0 Å². The Morgan fingerprint density at radius 2 is 1.72 bits per heavy atom. The molecular weight excluding hydrogens is 522 g/mol. The lowest BCUT2D eigenvalue weighted by Gasteiger charge is -2.19. The molecule has 3 aromatic rings. The third-order valence-electron chi connectivity index (χ3n) is 5.39. The average molecular weight is 550 g/mol. The van der Waals surface area contributed by atoms with Crippen LogP contribution < -0.4 is 14.8 Å². The van der Waals surface area contributed by atoms with Gasteiger partial charge in [0.15, 0.2) is 12.4 Å². The monoisotopic (exact) mass is 549 g/mol. The van der Waals surface area contributed by atoms with Crippen molar-refractivity contribution in [3.8, 4) is 17.5 Å². The Morgan fingerprint density at radius 1 is 1.05 bits per heavy atom. The fraction of sp³-hybridized carbons (Fsp3) is 0.333. The Hall–Kier alpha value is -4.06. The predicted molar refractivity (Wildman–Crippen MR) is 132 cm³/mol. The van der Waals surface area contributed by atoms with Gasteiger partial charge in [0.05, 0.1) is 12.5 Å². The second-order valence-corrected chi connectivity index (χ2v) is 9.35. The van der Waals surface area contributed by atoms with Crippen LogP contribution in [0.1, 0.15) is 54.1 Å². The summed E-state index contributed by atoms with van der Waals surface area (Å²) >= 11 is 0. The zero-order chi connectivity index (χ0) is 29.0. The van der Waals surface area contributed by atoms with E-state index >= 15 is 0 Å². The van der Waals surface area contributed by atoms with Crippen LogP contribution in [0, 0.1) is 12.7 Å². The Kier molecular flexibility index (Phi) is 8.90. The van der Waals surface area contributed by atoms with E-state index in [-0.39, 0.29) is 23.6 Å². The highest BCUT2D eigenvalue weighted by atomic mass is 19.4. The quantitative estimate of drug-likeness (QED) is 0.341. The maximum absolute atomic E-state index is 13.3. The Bertz CT molecular complexity index is 1340. The molecule has 1 unspecified atom stereocenters. The summed E-state index contributed by atoms with van der Waals surface area (Å²) in [5, 5.41) is 12.7. The number of ketones is 1. The van der Waals surface area contributed by atoms with Crippen LogP contribution in [0.3, 0.4) is 0 Å². The maximum Gasteiger partial charge on any atom is 0.422 e. The molecule has 2 heterocycles. The summed E-state index contributed by atoms with van der Waals surface area (Å²) in [6.45, 7) is 4.57. The standard InChI is InChI=1S/C27H27F4N3O5/c1-15-11-17(12-19(32-15)13-22(35)26(3,4)37)16(2)33-24(36)21-9-10-23(38-14-27(29,30)31)34-25(21)39-20-7-5-18(28)6-8-20/h5-12,16,37H,13-14H2,1-4H3,(H,33,36). The third-order valence-corrected chi connectivity index (χ3v) is 5.39. The summed E-state index contributed by atoms with van der Waals surface area (Å²) in [7, 11) is 0. The minimum atomic E-state index is -4.61. The number of hydrogen-bond donors (Lipinski definition) is 2. The zero-order valence-electron chi connectivity index (χ0n) is 21.6. The number of ether oxygens (including phenoxy) is 2. The molecule has 12 heteroatoms. The van der Waals surface area contributed by atoms with Gasteiger partial charge < -0.3 is 19.9 Å². The van der Waals surface area contributed by atoms with Crippen molar-refractivity contribution in [2.45, 2.75) is 51.9 Å². The van der Waals surface area contributed by atoms with Gasteiger partial charge in [0.1, 0.15) is 22.7 Å². The number of pyridine rings is 2. The van der Waals surface area contributed by atoms with Gasteiger partial charge in [-0.25, -0.2) is 4.39 Å². The van der Waals surface area contributed by atoms with Crippen LogP contribution in [0.4, 0.5) is 17.6 Å². The van der Waals surface area contributed by atoms with Gasteiger partial charge in [0, 0.05) is 17.5 Å². The molecule has 2 aromatic heterocycles. The van der Waals surface area contributed by atoms with Gasteiger partial charge in [-0.1, -0.05) is 0 Å². The minimum absolute atomic E-state index is 0.0878. The van der Waals surface area contributed by atoms with Crippen LogP contribution in [0.15, 0.2) is 48.5 Å². The topological polar surface area (TPSA) is 111 Å². The molecular formula is C27H27F4N3O5. The number of carbonyl (C=O) groups is 2. The van der Waals surface area contributed by atoms with Gasteiger partial charge in [-0.3, -0.25) is 14.6 Å². The van der Waals surface area contributed by atoms with E-state index in [1.54, 1.807) is 26.0 Å². The maximum atomic E-state index is 13.3. The molecule has 1 amide bonds. The van der Waals surface area contributed by atoms with Crippen LogP contribution in [-0.4, -0.2) is 45.1 Å². The number of carbonyl (C=O) groups excluding carboxylic acids is 2. The van der Waals surface area contributed by atoms with Crippen molar-refractivity contribution >= 4 is 11.7 Å². The van der Waals surface area contributed by atoms with E-state index < -0.39 is 47.8 Å². The van der Waals surface area contributed by atoms with E-state index in [0.717, 1.165) is 18.2 Å². The van der Waals surface area contributed by atoms with E-state index in [9.17, 15) is 32.3 Å². The van der Waals surface area contributed by atoms with E-state index in [2.05, 4.69) is 20.0 Å². The molecule has 1 atom stereocenters. The Labute approximate surface area is 222 Å². The van der Waals surface area contributed by atoms with Crippen molar-refractivity contribution in [2.24, 2.45) is 0 Å². The van der Waals surface area contributed by atoms with Gasteiger partial charge in [0.25, 0.3) is 5.91 Å². The molecule has 39 heavy (non-hydrogen) atoms. The first-order chi connectivity index (χ1) is 18.1. The van der Waals surface area contributed by atoms with Crippen molar-refractivity contribution in [1.82, 2.24) is 15.3 Å². The number of nitrogens with zero attached hydrogens (tertiary/aromatic N) is 2. The van der Waals surface area contributed by atoms with Crippen molar-refractivity contribution in [3.63, 3.8) is 0 Å². The highest BCUT2D eigenvalue weighted by Crippen LogP contribution is 2.28. The smallest absolute Gasteiger partial charge is 0.422 e. The van der Waals surface area contributed by atoms with E-state index in [1.165, 1.54) is 32.0 Å². The van der Waals surface area contributed by atoms with Gasteiger partial charge >= 0.3 is 6.18 Å². The molecule has 0 radical (unpaired) electrons. The number of Topliss-reactive ketones (excluding diaryl/α,β-unsaturated/α-hetero) is 1. The van der Waals surface area contributed by atoms with Crippen LogP contribution in [0.2, 0.25) is 0 Å². The third kappa shape index (κ3) is 8.74.